The molecule has 154 valence electrons. The molecule has 0 aromatic heterocycles. The Balaban J connectivity index is 1.57. The van der Waals surface area contributed by atoms with Crippen molar-refractivity contribution in [2.75, 3.05) is 20.1 Å². The molecule has 2 heterocycles. The Morgan fingerprint density at radius 2 is 1.75 bits per heavy atom. The molecule has 0 saturated carbocycles. The molecule has 1 amide bonds. The van der Waals surface area contributed by atoms with Crippen molar-refractivity contribution in [1.82, 2.24) is 9.80 Å². The maximum absolute atomic E-state index is 12.1. The van der Waals surface area contributed by atoms with Gasteiger partial charge in [0.15, 0.2) is 0 Å². The molecule has 0 bridgehead atoms. The lowest BCUT2D eigenvalue weighted by Crippen LogP contribution is -2.55. The Kier molecular flexibility index (Phi) is 5.82. The number of benzene rings is 1. The van der Waals surface area contributed by atoms with Crippen molar-refractivity contribution in [3.8, 4) is 0 Å². The van der Waals surface area contributed by atoms with E-state index in [-0.39, 0.29) is 12.3 Å². The molecule has 1 aromatic carbocycles. The highest BCUT2D eigenvalue weighted by Crippen LogP contribution is 2.43. The number of hydrogen-bond acceptors (Lipinski definition) is 4. The number of piperidine rings is 1. The average Bonchev–Trinajstić information content (AvgIpc) is 2.88. The van der Waals surface area contributed by atoms with E-state index in [0.29, 0.717) is 12.8 Å². The fraction of sp³-hybridized carbons (Fsp3) is 0.636. The minimum absolute atomic E-state index is 0.0532. The van der Waals surface area contributed by atoms with E-state index < -0.39 is 23.0 Å². The van der Waals surface area contributed by atoms with Gasteiger partial charge in [-0.05, 0) is 50.7 Å². The molecule has 2 aliphatic heterocycles. The number of hydrogen-bond donors (Lipinski definition) is 2. The number of carboxylic acid groups (broad SMARTS) is 1. The first kappa shape index (κ1) is 20.8. The third-order valence-electron chi connectivity index (χ3n) is 6.54. The van der Waals surface area contributed by atoms with Crippen LogP contribution in [0.1, 0.15) is 50.7 Å². The van der Waals surface area contributed by atoms with E-state index >= 15 is 0 Å². The van der Waals surface area contributed by atoms with E-state index in [2.05, 4.69) is 29.2 Å². The summed E-state index contributed by atoms with van der Waals surface area (Å²) in [5.41, 5.74) is 1.28. The van der Waals surface area contributed by atoms with Gasteiger partial charge in [0.25, 0.3) is 0 Å². The first-order chi connectivity index (χ1) is 13.1. The Bertz CT molecular complexity index is 715. The highest BCUT2D eigenvalue weighted by atomic mass is 16.4. The summed E-state index contributed by atoms with van der Waals surface area (Å²) in [7, 11) is 1.76. The monoisotopic (exact) mass is 388 g/mol. The summed E-state index contributed by atoms with van der Waals surface area (Å²) in [5.74, 6) is -1.50. The zero-order valence-electron chi connectivity index (χ0n) is 17.1. The SMILES string of the molecule is CN1C(=O)C[C@@H](C(=O)O)C12CCN(Cc1ccc(CCC(C)(C)O)cc1)CC2. The van der Waals surface area contributed by atoms with Gasteiger partial charge in [-0.3, -0.25) is 14.5 Å². The van der Waals surface area contributed by atoms with E-state index in [9.17, 15) is 19.8 Å². The van der Waals surface area contributed by atoms with E-state index in [1.165, 1.54) is 11.1 Å². The fourth-order valence-electron chi connectivity index (χ4n) is 4.60. The second kappa shape index (κ2) is 7.84. The van der Waals surface area contributed by atoms with Crippen LogP contribution in [0.5, 0.6) is 0 Å². The molecule has 2 aliphatic rings. The number of nitrogens with zero attached hydrogens (tertiary/aromatic N) is 2. The molecule has 1 aromatic rings. The van der Waals surface area contributed by atoms with E-state index in [1.54, 1.807) is 11.9 Å². The molecule has 3 rings (SSSR count). The second-order valence-electron chi connectivity index (χ2n) is 9.06. The average molecular weight is 389 g/mol. The summed E-state index contributed by atoms with van der Waals surface area (Å²) in [6, 6.07) is 8.51. The number of carboxylic acids is 1. The number of likely N-dealkylation sites (tertiary alicyclic amines) is 2. The number of rotatable bonds is 6. The molecule has 1 atom stereocenters. The van der Waals surface area contributed by atoms with Crippen LogP contribution in [0.3, 0.4) is 0 Å². The zero-order chi connectivity index (χ0) is 20.5. The van der Waals surface area contributed by atoms with Crippen LogP contribution in [-0.4, -0.2) is 63.2 Å². The third kappa shape index (κ3) is 4.39. The molecule has 2 N–H and O–H groups in total. The van der Waals surface area contributed by atoms with Gasteiger partial charge in [0, 0.05) is 33.1 Å². The van der Waals surface area contributed by atoms with Crippen molar-refractivity contribution in [1.29, 1.82) is 0 Å². The van der Waals surface area contributed by atoms with Crippen molar-refractivity contribution in [3.63, 3.8) is 0 Å². The predicted molar refractivity (Wildman–Crippen MR) is 107 cm³/mol. The van der Waals surface area contributed by atoms with Gasteiger partial charge < -0.3 is 15.1 Å². The lowest BCUT2D eigenvalue weighted by atomic mass is 9.77. The summed E-state index contributed by atoms with van der Waals surface area (Å²) >= 11 is 0. The van der Waals surface area contributed by atoms with Crippen molar-refractivity contribution < 1.29 is 19.8 Å². The summed E-state index contributed by atoms with van der Waals surface area (Å²) in [6.45, 7) is 6.07. The van der Waals surface area contributed by atoms with Gasteiger partial charge in [-0.25, -0.2) is 0 Å². The topological polar surface area (TPSA) is 81.1 Å². The van der Waals surface area contributed by atoms with Gasteiger partial charge in [-0.15, -0.1) is 0 Å². The number of aliphatic carboxylic acids is 1. The Morgan fingerprint density at radius 3 is 2.29 bits per heavy atom. The van der Waals surface area contributed by atoms with Gasteiger partial charge in [0.2, 0.25) is 5.91 Å². The van der Waals surface area contributed by atoms with Gasteiger partial charge in [0.05, 0.1) is 17.1 Å². The van der Waals surface area contributed by atoms with Gasteiger partial charge in [-0.1, -0.05) is 24.3 Å². The number of carbonyl (C=O) groups is 2. The van der Waals surface area contributed by atoms with Crippen molar-refractivity contribution in [2.45, 2.75) is 63.6 Å². The molecule has 0 radical (unpaired) electrons. The summed E-state index contributed by atoms with van der Waals surface area (Å²) in [6.07, 6.45) is 3.12. The minimum atomic E-state index is -0.854. The molecule has 2 saturated heterocycles. The quantitative estimate of drug-likeness (QED) is 0.781. The second-order valence-corrected chi connectivity index (χ2v) is 9.06. The van der Waals surface area contributed by atoms with Crippen LogP contribution in [0.15, 0.2) is 24.3 Å². The zero-order valence-corrected chi connectivity index (χ0v) is 17.1. The van der Waals surface area contributed by atoms with Crippen LogP contribution in [0.2, 0.25) is 0 Å². The molecule has 2 fully saturated rings. The van der Waals surface area contributed by atoms with E-state index in [4.69, 9.17) is 0 Å². The molecule has 0 unspecified atom stereocenters. The van der Waals surface area contributed by atoms with Crippen LogP contribution in [0.4, 0.5) is 0 Å². The van der Waals surface area contributed by atoms with Gasteiger partial charge in [-0.2, -0.15) is 0 Å². The lowest BCUT2D eigenvalue weighted by Gasteiger charge is -2.45. The summed E-state index contributed by atoms with van der Waals surface area (Å²) in [4.78, 5) is 27.8. The predicted octanol–water partition coefficient (Wildman–Crippen LogP) is 2.29. The van der Waals surface area contributed by atoms with Crippen molar-refractivity contribution in [2.24, 2.45) is 5.92 Å². The number of amides is 1. The minimum Gasteiger partial charge on any atom is -0.481 e. The Labute approximate surface area is 167 Å². The Morgan fingerprint density at radius 1 is 1.18 bits per heavy atom. The molecule has 6 nitrogen and oxygen atoms in total. The van der Waals surface area contributed by atoms with Crippen LogP contribution >= 0.6 is 0 Å². The largest absolute Gasteiger partial charge is 0.481 e. The van der Waals surface area contributed by atoms with Crippen LogP contribution in [-0.2, 0) is 22.6 Å². The summed E-state index contributed by atoms with van der Waals surface area (Å²) < 4.78 is 0. The number of aliphatic hydroxyl groups is 1. The van der Waals surface area contributed by atoms with E-state index in [1.807, 2.05) is 13.8 Å². The molecule has 28 heavy (non-hydrogen) atoms. The maximum atomic E-state index is 12.1. The van der Waals surface area contributed by atoms with Crippen LogP contribution < -0.4 is 0 Å². The highest BCUT2D eigenvalue weighted by Gasteiger charge is 2.55. The van der Waals surface area contributed by atoms with Gasteiger partial charge >= 0.3 is 5.97 Å². The van der Waals surface area contributed by atoms with Crippen LogP contribution in [0, 0.1) is 5.92 Å². The third-order valence-corrected chi connectivity index (χ3v) is 6.54. The molecular formula is C22H32N2O4. The molecule has 6 heteroatoms. The van der Waals surface area contributed by atoms with Crippen molar-refractivity contribution >= 4 is 11.9 Å². The molecule has 1 spiro atoms. The smallest absolute Gasteiger partial charge is 0.309 e. The van der Waals surface area contributed by atoms with Gasteiger partial charge in [0.1, 0.15) is 0 Å². The standard InChI is InChI=1S/C22H32N2O4/c1-21(2,28)9-8-16-4-6-17(7-5-16)15-24-12-10-22(11-13-24)18(20(26)27)14-19(25)23(22)3/h4-7,18,28H,8-15H2,1-3H3,(H,26,27)/t18-/m0/s1. The lowest BCUT2D eigenvalue weighted by molar-refractivity contribution is -0.146. The Hall–Kier alpha value is -1.92. The summed E-state index contributed by atoms with van der Waals surface area (Å²) in [5, 5.41) is 19.4. The molecule has 0 aliphatic carbocycles. The van der Waals surface area contributed by atoms with E-state index in [0.717, 1.165) is 32.5 Å². The number of aryl methyl sites for hydroxylation is 1. The highest BCUT2D eigenvalue weighted by molar-refractivity contribution is 5.88. The fourth-order valence-corrected chi connectivity index (χ4v) is 4.60. The van der Waals surface area contributed by atoms with Crippen molar-refractivity contribution in [3.05, 3.63) is 35.4 Å². The maximum Gasteiger partial charge on any atom is 0.309 e. The number of carbonyl (C=O) groups excluding carboxylic acids is 1. The normalized spacial score (nSPS) is 22.8. The molecular weight excluding hydrogens is 356 g/mol. The first-order valence-electron chi connectivity index (χ1n) is 10.1. The van der Waals surface area contributed by atoms with Crippen LogP contribution in [0.25, 0.3) is 0 Å². The first-order valence-corrected chi connectivity index (χ1v) is 10.1.